The highest BCUT2D eigenvalue weighted by atomic mass is 32.2. The molecule has 0 radical (unpaired) electrons. The lowest BCUT2D eigenvalue weighted by molar-refractivity contribution is 0.254. The Hall–Kier alpha value is -1.63. The summed E-state index contributed by atoms with van der Waals surface area (Å²) in [5, 5.41) is 10.5. The molecule has 0 saturated heterocycles. The van der Waals surface area contributed by atoms with Crippen molar-refractivity contribution in [3.8, 4) is 5.75 Å². The van der Waals surface area contributed by atoms with Crippen molar-refractivity contribution < 1.29 is 18.3 Å². The summed E-state index contributed by atoms with van der Waals surface area (Å²) in [6.45, 7) is 1.58. The maximum absolute atomic E-state index is 12.5. The van der Waals surface area contributed by atoms with Gasteiger partial charge in [-0.3, -0.25) is 0 Å². The van der Waals surface area contributed by atoms with E-state index in [0.717, 1.165) is 5.39 Å². The molecule has 0 bridgehead atoms. The second-order valence-electron chi connectivity index (χ2n) is 4.72. The molecule has 21 heavy (non-hydrogen) atoms. The standard InChI is InChI=1S/C15H19NO4S/c1-3-11(10-17)16-21(18,19)15-9-8-14(20-2)12-6-4-5-7-13(12)15/h4-9,11,16-17H,3,10H2,1-2H3/t11-/m0/s1. The number of sulfonamides is 1. The van der Waals surface area contributed by atoms with E-state index in [4.69, 9.17) is 4.74 Å². The Bertz CT molecular complexity index is 724. The Kier molecular flexibility index (Phi) is 4.82. The summed E-state index contributed by atoms with van der Waals surface area (Å²) in [5.41, 5.74) is 0. The Labute approximate surface area is 124 Å². The minimum absolute atomic E-state index is 0.186. The summed E-state index contributed by atoms with van der Waals surface area (Å²) < 4.78 is 32.8. The molecule has 1 atom stereocenters. The summed E-state index contributed by atoms with van der Waals surface area (Å²) in [6.07, 6.45) is 0.518. The molecule has 2 N–H and O–H groups in total. The predicted molar refractivity (Wildman–Crippen MR) is 82.0 cm³/mol. The van der Waals surface area contributed by atoms with Gasteiger partial charge in [0.15, 0.2) is 0 Å². The lowest BCUT2D eigenvalue weighted by atomic mass is 10.1. The number of rotatable bonds is 6. The van der Waals surface area contributed by atoms with Gasteiger partial charge in [-0.25, -0.2) is 13.1 Å². The molecule has 114 valence electrons. The normalized spacial score (nSPS) is 13.3. The van der Waals surface area contributed by atoms with Crippen molar-refractivity contribution in [1.82, 2.24) is 4.72 Å². The van der Waals surface area contributed by atoms with Gasteiger partial charge in [-0.15, -0.1) is 0 Å². The van der Waals surface area contributed by atoms with Crippen LogP contribution < -0.4 is 9.46 Å². The van der Waals surface area contributed by atoms with Gasteiger partial charge in [0, 0.05) is 16.8 Å². The summed E-state index contributed by atoms with van der Waals surface area (Å²) in [7, 11) is -2.15. The molecule has 2 aromatic rings. The maximum Gasteiger partial charge on any atom is 0.241 e. The molecule has 0 aromatic heterocycles. The first-order valence-electron chi connectivity index (χ1n) is 6.72. The van der Waals surface area contributed by atoms with E-state index in [1.165, 1.54) is 6.07 Å². The lowest BCUT2D eigenvalue weighted by Crippen LogP contribution is -2.36. The highest BCUT2D eigenvalue weighted by Gasteiger charge is 2.21. The van der Waals surface area contributed by atoms with Crippen molar-refractivity contribution in [3.63, 3.8) is 0 Å². The van der Waals surface area contributed by atoms with Gasteiger partial charge in [0.2, 0.25) is 10.0 Å². The summed E-state index contributed by atoms with van der Waals surface area (Å²) >= 11 is 0. The van der Waals surface area contributed by atoms with Gasteiger partial charge in [0.25, 0.3) is 0 Å². The number of ether oxygens (including phenoxy) is 1. The van der Waals surface area contributed by atoms with E-state index < -0.39 is 16.1 Å². The van der Waals surface area contributed by atoms with Gasteiger partial charge in [0.05, 0.1) is 18.6 Å². The monoisotopic (exact) mass is 309 g/mol. The number of fused-ring (bicyclic) bond motifs is 1. The molecule has 0 aliphatic carbocycles. The van der Waals surface area contributed by atoms with Crippen molar-refractivity contribution in [2.24, 2.45) is 0 Å². The van der Waals surface area contributed by atoms with Crippen molar-refractivity contribution >= 4 is 20.8 Å². The van der Waals surface area contributed by atoms with Crippen molar-refractivity contribution in [1.29, 1.82) is 0 Å². The van der Waals surface area contributed by atoms with Crippen LogP contribution in [0.25, 0.3) is 10.8 Å². The van der Waals surface area contributed by atoms with E-state index in [1.807, 2.05) is 19.1 Å². The third-order valence-corrected chi connectivity index (χ3v) is 4.97. The molecular formula is C15H19NO4S. The molecule has 0 saturated carbocycles. The Morgan fingerprint density at radius 3 is 2.43 bits per heavy atom. The highest BCUT2D eigenvalue weighted by Crippen LogP contribution is 2.30. The first-order chi connectivity index (χ1) is 10.0. The van der Waals surface area contributed by atoms with E-state index >= 15 is 0 Å². The van der Waals surface area contributed by atoms with Crippen LogP contribution in [0.5, 0.6) is 5.75 Å². The molecule has 0 aliphatic heterocycles. The van der Waals surface area contributed by atoms with Gasteiger partial charge in [0.1, 0.15) is 5.75 Å². The SMILES string of the molecule is CC[C@@H](CO)NS(=O)(=O)c1ccc(OC)c2ccccc12. The molecule has 0 spiro atoms. The Balaban J connectivity index is 2.57. The third kappa shape index (κ3) is 3.18. The average molecular weight is 309 g/mol. The lowest BCUT2D eigenvalue weighted by Gasteiger charge is -2.16. The van der Waals surface area contributed by atoms with Crippen molar-refractivity contribution in [3.05, 3.63) is 36.4 Å². The Morgan fingerprint density at radius 2 is 1.86 bits per heavy atom. The maximum atomic E-state index is 12.5. The van der Waals surface area contributed by atoms with Crippen LogP contribution in [0.3, 0.4) is 0 Å². The van der Waals surface area contributed by atoms with Crippen LogP contribution in [-0.4, -0.2) is 33.3 Å². The van der Waals surface area contributed by atoms with Gasteiger partial charge < -0.3 is 9.84 Å². The van der Waals surface area contributed by atoms with Crippen LogP contribution in [0.2, 0.25) is 0 Å². The minimum Gasteiger partial charge on any atom is -0.496 e. The summed E-state index contributed by atoms with van der Waals surface area (Å²) in [4.78, 5) is 0.186. The molecule has 0 aliphatic rings. The number of hydrogen-bond donors (Lipinski definition) is 2. The molecule has 0 fully saturated rings. The topological polar surface area (TPSA) is 75.6 Å². The molecule has 5 nitrogen and oxygen atoms in total. The number of benzene rings is 2. The minimum atomic E-state index is -3.70. The van der Waals surface area contributed by atoms with Crippen LogP contribution in [0.15, 0.2) is 41.3 Å². The van der Waals surface area contributed by atoms with Crippen LogP contribution in [0.1, 0.15) is 13.3 Å². The number of methoxy groups -OCH3 is 1. The molecular weight excluding hydrogens is 290 g/mol. The predicted octanol–water partition coefficient (Wildman–Crippen LogP) is 1.90. The molecule has 6 heteroatoms. The number of nitrogens with one attached hydrogen (secondary N) is 1. The molecule has 0 amide bonds. The average Bonchev–Trinajstić information content (AvgIpc) is 2.51. The van der Waals surface area contributed by atoms with E-state index in [9.17, 15) is 13.5 Å². The van der Waals surface area contributed by atoms with E-state index in [2.05, 4.69) is 4.72 Å². The fourth-order valence-electron chi connectivity index (χ4n) is 2.19. The summed E-state index contributed by atoms with van der Waals surface area (Å²) in [6, 6.07) is 9.84. The van der Waals surface area contributed by atoms with Gasteiger partial charge >= 0.3 is 0 Å². The summed E-state index contributed by atoms with van der Waals surface area (Å²) in [5.74, 6) is 0.624. The molecule has 0 unspecified atom stereocenters. The fourth-order valence-corrected chi connectivity index (χ4v) is 3.71. The number of hydrogen-bond acceptors (Lipinski definition) is 4. The van der Waals surface area contributed by atoms with E-state index in [1.54, 1.807) is 25.3 Å². The van der Waals surface area contributed by atoms with Crippen LogP contribution in [0.4, 0.5) is 0 Å². The zero-order chi connectivity index (χ0) is 15.5. The van der Waals surface area contributed by atoms with Crippen LogP contribution >= 0.6 is 0 Å². The smallest absolute Gasteiger partial charge is 0.241 e. The number of aliphatic hydroxyl groups is 1. The van der Waals surface area contributed by atoms with Crippen molar-refractivity contribution in [2.45, 2.75) is 24.3 Å². The first-order valence-corrected chi connectivity index (χ1v) is 8.20. The molecule has 0 heterocycles. The van der Waals surface area contributed by atoms with Gasteiger partial charge in [-0.1, -0.05) is 31.2 Å². The second-order valence-corrected chi connectivity index (χ2v) is 6.40. The fraction of sp³-hybridized carbons (Fsp3) is 0.333. The molecule has 2 aromatic carbocycles. The highest BCUT2D eigenvalue weighted by molar-refractivity contribution is 7.89. The van der Waals surface area contributed by atoms with Crippen LogP contribution in [0, 0.1) is 0 Å². The molecule has 2 rings (SSSR count). The largest absolute Gasteiger partial charge is 0.496 e. The van der Waals surface area contributed by atoms with Gasteiger partial charge in [-0.05, 0) is 18.6 Å². The Morgan fingerprint density at radius 1 is 1.19 bits per heavy atom. The zero-order valence-corrected chi connectivity index (χ0v) is 12.9. The number of aliphatic hydroxyl groups excluding tert-OH is 1. The first kappa shape index (κ1) is 15.8. The quantitative estimate of drug-likeness (QED) is 0.854. The van der Waals surface area contributed by atoms with Crippen molar-refractivity contribution in [2.75, 3.05) is 13.7 Å². The van der Waals surface area contributed by atoms with Gasteiger partial charge in [-0.2, -0.15) is 0 Å². The second kappa shape index (κ2) is 6.43. The van der Waals surface area contributed by atoms with Crippen LogP contribution in [-0.2, 0) is 10.0 Å². The third-order valence-electron chi connectivity index (χ3n) is 3.39. The zero-order valence-electron chi connectivity index (χ0n) is 12.0. The van der Waals surface area contributed by atoms with E-state index in [0.29, 0.717) is 17.6 Å². The van der Waals surface area contributed by atoms with E-state index in [-0.39, 0.29) is 11.5 Å².